The summed E-state index contributed by atoms with van der Waals surface area (Å²) in [5.41, 5.74) is 2.25. The molecule has 1 N–H and O–H groups in total. The average Bonchev–Trinajstić information content (AvgIpc) is 2.89. The molecule has 0 aliphatic carbocycles. The molecule has 0 aromatic heterocycles. The van der Waals surface area contributed by atoms with Gasteiger partial charge in [0.1, 0.15) is 16.8 Å². The van der Waals surface area contributed by atoms with Crippen molar-refractivity contribution in [1.29, 1.82) is 0 Å². The summed E-state index contributed by atoms with van der Waals surface area (Å²) in [4.78, 5) is 32.5. The van der Waals surface area contributed by atoms with Crippen molar-refractivity contribution in [1.82, 2.24) is 4.90 Å². The van der Waals surface area contributed by atoms with Crippen molar-refractivity contribution in [3.8, 4) is 5.75 Å². The van der Waals surface area contributed by atoms with Crippen LogP contribution in [0.15, 0.2) is 83.9 Å². The number of nitrogens with zero attached hydrogens (tertiary/aromatic N) is 2. The zero-order chi connectivity index (χ0) is 25.3. The van der Waals surface area contributed by atoms with Crippen molar-refractivity contribution < 1.29 is 18.7 Å². The number of carbonyl (C=O) groups is 2. The van der Waals surface area contributed by atoms with Gasteiger partial charge in [0, 0.05) is 18.7 Å². The number of rotatable bonds is 9. The minimum atomic E-state index is -0.613. The van der Waals surface area contributed by atoms with E-state index in [0.717, 1.165) is 17.7 Å². The maximum absolute atomic E-state index is 13.3. The topological polar surface area (TPSA) is 71.0 Å². The lowest BCUT2D eigenvalue weighted by atomic mass is 10.1. The number of carbonyl (C=O) groups excluding carboxylic acids is 2. The largest absolute Gasteiger partial charge is 0.494 e. The van der Waals surface area contributed by atoms with Gasteiger partial charge in [0.05, 0.1) is 12.3 Å². The highest BCUT2D eigenvalue weighted by atomic mass is 32.2. The Morgan fingerprint density at radius 1 is 1.08 bits per heavy atom. The van der Waals surface area contributed by atoms with Gasteiger partial charge >= 0.3 is 0 Å². The highest BCUT2D eigenvalue weighted by Crippen LogP contribution is 2.30. The number of hydrogen-bond donors (Lipinski definition) is 1. The number of halogens is 1. The molecule has 1 heterocycles. The molecule has 1 aliphatic heterocycles. The van der Waals surface area contributed by atoms with Gasteiger partial charge in [0.25, 0.3) is 0 Å². The molecule has 3 aromatic rings. The molecule has 0 saturated carbocycles. The summed E-state index contributed by atoms with van der Waals surface area (Å²) >= 11 is 1.28. The summed E-state index contributed by atoms with van der Waals surface area (Å²) in [5.74, 6) is 0.0151. The Balaban J connectivity index is 1.47. The number of hydrogen-bond acceptors (Lipinski definition) is 5. The van der Waals surface area contributed by atoms with E-state index in [1.807, 2.05) is 49.4 Å². The molecule has 0 radical (unpaired) electrons. The van der Waals surface area contributed by atoms with Gasteiger partial charge in [-0.15, -0.1) is 0 Å². The Bertz CT molecular complexity index is 1200. The number of amidine groups is 1. The smallest absolute Gasteiger partial charge is 0.238 e. The first kappa shape index (κ1) is 25.4. The van der Waals surface area contributed by atoms with Crippen LogP contribution in [0.3, 0.4) is 0 Å². The van der Waals surface area contributed by atoms with Crippen LogP contribution in [-0.2, 0) is 16.0 Å². The fourth-order valence-electron chi connectivity index (χ4n) is 3.64. The van der Waals surface area contributed by atoms with Crippen LogP contribution in [0.5, 0.6) is 5.75 Å². The summed E-state index contributed by atoms with van der Waals surface area (Å²) in [7, 11) is 0. The van der Waals surface area contributed by atoms with E-state index in [1.54, 1.807) is 29.2 Å². The zero-order valence-corrected chi connectivity index (χ0v) is 20.8. The minimum absolute atomic E-state index is 0.0609. The quantitative estimate of drug-likeness (QED) is 0.398. The van der Waals surface area contributed by atoms with Crippen molar-refractivity contribution in [3.05, 3.63) is 90.2 Å². The molecule has 0 spiro atoms. The third kappa shape index (κ3) is 6.95. The van der Waals surface area contributed by atoms with E-state index in [4.69, 9.17) is 4.74 Å². The van der Waals surface area contributed by atoms with Gasteiger partial charge in [0.15, 0.2) is 5.17 Å². The lowest BCUT2D eigenvalue weighted by Gasteiger charge is -2.32. The first-order chi connectivity index (χ1) is 17.5. The van der Waals surface area contributed by atoms with Gasteiger partial charge in [-0.25, -0.2) is 9.38 Å². The summed E-state index contributed by atoms with van der Waals surface area (Å²) in [6, 6.07) is 22.7. The predicted molar refractivity (Wildman–Crippen MR) is 142 cm³/mol. The number of anilines is 1. The van der Waals surface area contributed by atoms with Gasteiger partial charge < -0.3 is 10.1 Å². The standard InChI is InChI=1S/C28H28FN3O3S/c1-2-18-35-24-14-12-23(13-15-24)30-27(34)25-19-26(33)32(17-16-20-8-10-21(29)11-9-20)28(36-25)31-22-6-4-3-5-7-22/h3-15,25H,2,16-19H2,1H3,(H,30,34). The maximum atomic E-state index is 13.3. The Kier molecular flexibility index (Phi) is 8.73. The van der Waals surface area contributed by atoms with E-state index in [2.05, 4.69) is 10.3 Å². The van der Waals surface area contributed by atoms with Crippen molar-refractivity contribution in [2.24, 2.45) is 4.99 Å². The van der Waals surface area contributed by atoms with Crippen molar-refractivity contribution in [2.75, 3.05) is 18.5 Å². The second-order valence-corrected chi connectivity index (χ2v) is 9.49. The summed E-state index contributed by atoms with van der Waals surface area (Å²) in [6.45, 7) is 3.06. The molecule has 1 aliphatic rings. The summed E-state index contributed by atoms with van der Waals surface area (Å²) < 4.78 is 18.8. The van der Waals surface area contributed by atoms with E-state index in [-0.39, 0.29) is 24.1 Å². The minimum Gasteiger partial charge on any atom is -0.494 e. The number of ether oxygens (including phenoxy) is 1. The molecule has 186 valence electrons. The molecular weight excluding hydrogens is 477 g/mol. The van der Waals surface area contributed by atoms with Gasteiger partial charge in [-0.2, -0.15) is 0 Å². The van der Waals surface area contributed by atoms with Crippen LogP contribution in [0.1, 0.15) is 25.3 Å². The van der Waals surface area contributed by atoms with Crippen molar-refractivity contribution in [3.63, 3.8) is 0 Å². The van der Waals surface area contributed by atoms with Crippen molar-refractivity contribution in [2.45, 2.75) is 31.4 Å². The first-order valence-electron chi connectivity index (χ1n) is 11.9. The van der Waals surface area contributed by atoms with Crippen molar-refractivity contribution >= 4 is 40.1 Å². The number of para-hydroxylation sites is 1. The Morgan fingerprint density at radius 3 is 2.50 bits per heavy atom. The predicted octanol–water partition coefficient (Wildman–Crippen LogP) is 5.82. The second kappa shape index (κ2) is 12.4. The zero-order valence-electron chi connectivity index (χ0n) is 20.0. The fourth-order valence-corrected chi connectivity index (χ4v) is 4.77. The van der Waals surface area contributed by atoms with Gasteiger partial charge in [-0.1, -0.05) is 49.0 Å². The molecule has 8 heteroatoms. The lowest BCUT2D eigenvalue weighted by Crippen LogP contribution is -2.46. The van der Waals surface area contributed by atoms with Crippen LogP contribution in [-0.4, -0.2) is 40.3 Å². The number of benzene rings is 3. The van der Waals surface area contributed by atoms with E-state index in [1.165, 1.54) is 23.9 Å². The van der Waals surface area contributed by atoms with Crippen LogP contribution in [0, 0.1) is 5.82 Å². The van der Waals surface area contributed by atoms with E-state index in [0.29, 0.717) is 36.1 Å². The average molecular weight is 506 g/mol. The van der Waals surface area contributed by atoms with Gasteiger partial charge in [0.2, 0.25) is 11.8 Å². The van der Waals surface area contributed by atoms with Crippen LogP contribution < -0.4 is 10.1 Å². The molecule has 1 unspecified atom stereocenters. The van der Waals surface area contributed by atoms with Crippen LogP contribution in [0.4, 0.5) is 15.8 Å². The normalized spacial score (nSPS) is 16.7. The van der Waals surface area contributed by atoms with Crippen LogP contribution >= 0.6 is 11.8 Å². The molecular formula is C28H28FN3O3S. The highest BCUT2D eigenvalue weighted by Gasteiger charge is 2.35. The molecule has 2 amide bonds. The lowest BCUT2D eigenvalue weighted by molar-refractivity contribution is -0.129. The Labute approximate surface area is 214 Å². The van der Waals surface area contributed by atoms with Crippen LogP contribution in [0.25, 0.3) is 0 Å². The first-order valence-corrected chi connectivity index (χ1v) is 12.8. The molecule has 36 heavy (non-hydrogen) atoms. The number of amides is 2. The number of nitrogens with one attached hydrogen (secondary N) is 1. The van der Waals surface area contributed by atoms with E-state index < -0.39 is 5.25 Å². The summed E-state index contributed by atoms with van der Waals surface area (Å²) in [6.07, 6.45) is 1.52. The van der Waals surface area contributed by atoms with Crippen LogP contribution in [0.2, 0.25) is 0 Å². The molecule has 6 nitrogen and oxygen atoms in total. The molecule has 1 atom stereocenters. The highest BCUT2D eigenvalue weighted by molar-refractivity contribution is 8.15. The Hall–Kier alpha value is -3.65. The molecule has 1 saturated heterocycles. The molecule has 0 bridgehead atoms. The fraction of sp³-hybridized carbons (Fsp3) is 0.250. The van der Waals surface area contributed by atoms with E-state index >= 15 is 0 Å². The maximum Gasteiger partial charge on any atom is 0.238 e. The monoisotopic (exact) mass is 505 g/mol. The molecule has 1 fully saturated rings. The molecule has 3 aromatic carbocycles. The molecule has 4 rings (SSSR count). The summed E-state index contributed by atoms with van der Waals surface area (Å²) in [5, 5.41) is 2.76. The second-order valence-electron chi connectivity index (χ2n) is 8.32. The van der Waals surface area contributed by atoms with Gasteiger partial charge in [-0.05, 0) is 66.9 Å². The van der Waals surface area contributed by atoms with Gasteiger partial charge in [-0.3, -0.25) is 14.5 Å². The van der Waals surface area contributed by atoms with E-state index in [9.17, 15) is 14.0 Å². The SMILES string of the molecule is CCCOc1ccc(NC(=O)C2CC(=O)N(CCc3ccc(F)cc3)C(=Nc3ccccc3)S2)cc1. The Morgan fingerprint density at radius 2 is 1.81 bits per heavy atom. The third-order valence-corrected chi connectivity index (χ3v) is 6.73. The number of thioether (sulfide) groups is 1. The number of aliphatic imine (C=N–C) groups is 1. The third-order valence-electron chi connectivity index (χ3n) is 5.55.